The lowest BCUT2D eigenvalue weighted by Gasteiger charge is -2.21. The number of rotatable bonds is 7. The highest BCUT2D eigenvalue weighted by molar-refractivity contribution is 7.89. The quantitative estimate of drug-likeness (QED) is 0.777. The Balaban J connectivity index is 2.17. The molecule has 0 aromatic heterocycles. The summed E-state index contributed by atoms with van der Waals surface area (Å²) in [6, 6.07) is 3.33. The van der Waals surface area contributed by atoms with Gasteiger partial charge in [0.1, 0.15) is 0 Å². The minimum atomic E-state index is -3.83. The summed E-state index contributed by atoms with van der Waals surface area (Å²) in [6.07, 6.45) is 6.57. The van der Waals surface area contributed by atoms with Crippen LogP contribution in [0.1, 0.15) is 74.4 Å². The van der Waals surface area contributed by atoms with Crippen molar-refractivity contribution in [3.63, 3.8) is 0 Å². The summed E-state index contributed by atoms with van der Waals surface area (Å²) in [5.74, 6) is 0.427. The first kappa shape index (κ1) is 19.9. The topological polar surface area (TPSA) is 89.3 Å². The maximum Gasteiger partial charge on any atom is 0.251 e. The lowest BCUT2D eigenvalue weighted by molar-refractivity contribution is 0.0937. The second-order valence-electron chi connectivity index (χ2n) is 7.56. The molecule has 6 heteroatoms. The van der Waals surface area contributed by atoms with Crippen molar-refractivity contribution in [2.75, 3.05) is 0 Å². The van der Waals surface area contributed by atoms with E-state index in [1.807, 2.05) is 13.0 Å². The van der Waals surface area contributed by atoms with E-state index >= 15 is 0 Å². The van der Waals surface area contributed by atoms with Gasteiger partial charge in [0.15, 0.2) is 0 Å². The molecule has 0 aliphatic heterocycles. The number of carbonyl (C=O) groups excluding carboxylic acids is 1. The van der Waals surface area contributed by atoms with Crippen LogP contribution in [0.15, 0.2) is 17.0 Å². The van der Waals surface area contributed by atoms with Gasteiger partial charge in [-0.1, -0.05) is 26.7 Å². The van der Waals surface area contributed by atoms with Crippen molar-refractivity contribution in [2.45, 2.75) is 76.7 Å². The second kappa shape index (κ2) is 8.32. The fraction of sp³-hybridized carbons (Fsp3) is 0.632. The van der Waals surface area contributed by atoms with E-state index in [2.05, 4.69) is 19.2 Å². The number of carbonyl (C=O) groups is 1. The molecule has 0 radical (unpaired) electrons. The number of fused-ring (bicyclic) bond motifs is 1. The summed E-state index contributed by atoms with van der Waals surface area (Å²) in [5, 5.41) is 8.37. The number of aryl methyl sites for hydroxylation is 1. The Morgan fingerprint density at radius 1 is 1.16 bits per heavy atom. The van der Waals surface area contributed by atoms with Gasteiger partial charge in [0, 0.05) is 11.6 Å². The lowest BCUT2D eigenvalue weighted by atomic mass is 9.90. The minimum Gasteiger partial charge on any atom is -0.350 e. The van der Waals surface area contributed by atoms with Crippen molar-refractivity contribution in [3.05, 3.63) is 28.8 Å². The maximum atomic E-state index is 12.6. The van der Waals surface area contributed by atoms with Crippen molar-refractivity contribution in [1.29, 1.82) is 0 Å². The fourth-order valence-electron chi connectivity index (χ4n) is 3.42. The van der Waals surface area contributed by atoms with Crippen molar-refractivity contribution in [2.24, 2.45) is 11.1 Å². The zero-order valence-corrected chi connectivity index (χ0v) is 16.3. The molecule has 1 aliphatic rings. The molecule has 1 atom stereocenters. The number of amides is 1. The number of nitrogens with one attached hydrogen (secondary N) is 1. The van der Waals surface area contributed by atoms with Gasteiger partial charge >= 0.3 is 0 Å². The molecule has 0 bridgehead atoms. The van der Waals surface area contributed by atoms with Gasteiger partial charge in [-0.2, -0.15) is 0 Å². The van der Waals surface area contributed by atoms with Gasteiger partial charge in [0.2, 0.25) is 10.0 Å². The molecule has 1 unspecified atom stereocenters. The summed E-state index contributed by atoms with van der Waals surface area (Å²) in [6.45, 7) is 6.35. The van der Waals surface area contributed by atoms with Crippen molar-refractivity contribution in [1.82, 2.24) is 5.32 Å². The second-order valence-corrected chi connectivity index (χ2v) is 9.09. The highest BCUT2D eigenvalue weighted by atomic mass is 32.2. The predicted molar refractivity (Wildman–Crippen MR) is 100 cm³/mol. The van der Waals surface area contributed by atoms with Crippen molar-refractivity contribution >= 4 is 15.9 Å². The molecule has 5 nitrogen and oxygen atoms in total. The first-order valence-corrected chi connectivity index (χ1v) is 10.7. The Labute approximate surface area is 151 Å². The molecule has 140 valence electrons. The van der Waals surface area contributed by atoms with Crippen LogP contribution >= 0.6 is 0 Å². The highest BCUT2D eigenvalue weighted by Gasteiger charge is 2.23. The van der Waals surface area contributed by atoms with Crippen LogP contribution in [0.4, 0.5) is 0 Å². The Bertz CT molecular complexity index is 726. The largest absolute Gasteiger partial charge is 0.350 e. The third kappa shape index (κ3) is 5.54. The average Bonchev–Trinajstić information content (AvgIpc) is 2.52. The third-order valence-corrected chi connectivity index (χ3v) is 5.77. The van der Waals surface area contributed by atoms with Gasteiger partial charge in [0.25, 0.3) is 5.91 Å². The molecule has 1 aromatic rings. The molecule has 0 spiro atoms. The minimum absolute atomic E-state index is 0.0558. The van der Waals surface area contributed by atoms with E-state index in [0.717, 1.165) is 49.7 Å². The molecule has 0 heterocycles. The normalized spacial score (nSPS) is 15.7. The fourth-order valence-corrected chi connectivity index (χ4v) is 4.29. The maximum absolute atomic E-state index is 12.6. The smallest absolute Gasteiger partial charge is 0.251 e. The van der Waals surface area contributed by atoms with E-state index in [4.69, 9.17) is 5.14 Å². The molecule has 0 saturated heterocycles. The monoisotopic (exact) mass is 366 g/mol. The van der Waals surface area contributed by atoms with Gasteiger partial charge in [-0.25, -0.2) is 13.6 Å². The first-order valence-electron chi connectivity index (χ1n) is 9.18. The number of nitrogens with two attached hydrogens (primary N) is 1. The summed E-state index contributed by atoms with van der Waals surface area (Å²) in [7, 11) is -3.83. The van der Waals surface area contributed by atoms with E-state index in [-0.39, 0.29) is 16.8 Å². The van der Waals surface area contributed by atoms with Gasteiger partial charge in [-0.3, -0.25) is 4.79 Å². The van der Waals surface area contributed by atoms with Crippen LogP contribution in [-0.4, -0.2) is 20.4 Å². The molecule has 25 heavy (non-hydrogen) atoms. The average molecular weight is 367 g/mol. The Morgan fingerprint density at radius 3 is 2.48 bits per heavy atom. The molecule has 1 aromatic carbocycles. The zero-order chi connectivity index (χ0) is 18.6. The zero-order valence-electron chi connectivity index (χ0n) is 15.5. The van der Waals surface area contributed by atoms with Crippen LogP contribution in [-0.2, 0) is 22.9 Å². The summed E-state index contributed by atoms with van der Waals surface area (Å²) in [4.78, 5) is 12.7. The number of sulfonamides is 1. The number of hydrogen-bond donors (Lipinski definition) is 2. The van der Waals surface area contributed by atoms with Crippen LogP contribution in [0.2, 0.25) is 0 Å². The van der Waals surface area contributed by atoms with E-state index in [9.17, 15) is 13.2 Å². The van der Waals surface area contributed by atoms with Gasteiger partial charge in [-0.05, 0) is 68.2 Å². The van der Waals surface area contributed by atoms with Crippen LogP contribution in [0.5, 0.6) is 0 Å². The molecular weight excluding hydrogens is 336 g/mol. The van der Waals surface area contributed by atoms with Gasteiger partial charge < -0.3 is 5.32 Å². The summed E-state index contributed by atoms with van der Waals surface area (Å²) < 4.78 is 23.9. The van der Waals surface area contributed by atoms with E-state index in [1.165, 1.54) is 6.07 Å². The molecule has 1 amide bonds. The Morgan fingerprint density at radius 2 is 1.84 bits per heavy atom. The van der Waals surface area contributed by atoms with E-state index in [1.54, 1.807) is 0 Å². The van der Waals surface area contributed by atoms with E-state index in [0.29, 0.717) is 17.9 Å². The SMILES string of the molecule is CC(C)CCCC(C)NC(=O)c1cc2c(c(S(N)(=O)=O)c1)CCCC2. The molecule has 0 saturated carbocycles. The van der Waals surface area contributed by atoms with Gasteiger partial charge in [-0.15, -0.1) is 0 Å². The van der Waals surface area contributed by atoms with Crippen LogP contribution in [0.3, 0.4) is 0 Å². The highest BCUT2D eigenvalue weighted by Crippen LogP contribution is 2.28. The van der Waals surface area contributed by atoms with Crippen molar-refractivity contribution < 1.29 is 13.2 Å². The van der Waals surface area contributed by atoms with Crippen LogP contribution < -0.4 is 10.5 Å². The predicted octanol–water partition coefficient (Wildman–Crippen LogP) is 3.16. The summed E-state index contributed by atoms with van der Waals surface area (Å²) in [5.41, 5.74) is 2.12. The Kier molecular flexibility index (Phi) is 6.63. The Hall–Kier alpha value is -1.40. The first-order chi connectivity index (χ1) is 11.7. The number of primary sulfonamides is 1. The number of hydrogen-bond acceptors (Lipinski definition) is 3. The van der Waals surface area contributed by atoms with Crippen LogP contribution in [0.25, 0.3) is 0 Å². The van der Waals surface area contributed by atoms with E-state index < -0.39 is 10.0 Å². The lowest BCUT2D eigenvalue weighted by Crippen LogP contribution is -2.33. The van der Waals surface area contributed by atoms with Gasteiger partial charge in [0.05, 0.1) is 4.90 Å². The third-order valence-electron chi connectivity index (χ3n) is 4.79. The standard InChI is InChI=1S/C19H30N2O3S/c1-13(2)7-6-8-14(3)21-19(22)16-11-15-9-4-5-10-17(15)18(12-16)25(20,23)24/h11-14H,4-10H2,1-3H3,(H,21,22)(H2,20,23,24). The molecular formula is C19H30N2O3S. The number of benzene rings is 1. The molecule has 0 fully saturated rings. The molecule has 2 rings (SSSR count). The summed E-state index contributed by atoms with van der Waals surface area (Å²) >= 11 is 0. The molecule has 1 aliphatic carbocycles. The van der Waals surface area contributed by atoms with Crippen molar-refractivity contribution in [3.8, 4) is 0 Å². The van der Waals surface area contributed by atoms with Crippen LogP contribution in [0, 0.1) is 5.92 Å². The molecule has 3 N–H and O–H groups in total.